The van der Waals surface area contributed by atoms with Crippen molar-refractivity contribution in [1.29, 1.82) is 0 Å². The van der Waals surface area contributed by atoms with Crippen LogP contribution in [0.3, 0.4) is 0 Å². The largest absolute Gasteiger partial charge is 0.481 e. The molecular formula is C27H36N8O7. The molecule has 0 fully saturated rings. The molecule has 2 aromatic heterocycles. The van der Waals surface area contributed by atoms with Gasteiger partial charge in [0.2, 0.25) is 17.7 Å². The number of fused-ring (bicyclic) bond motifs is 1. The second-order valence-electron chi connectivity index (χ2n) is 9.86. The van der Waals surface area contributed by atoms with Crippen LogP contribution in [-0.4, -0.2) is 85.5 Å². The number of rotatable bonds is 17. The van der Waals surface area contributed by atoms with Gasteiger partial charge in [0.15, 0.2) is 0 Å². The number of aromatic amines is 2. The van der Waals surface area contributed by atoms with E-state index in [-0.39, 0.29) is 19.3 Å². The number of carboxylic acid groups (broad SMARTS) is 2. The molecule has 3 rings (SSSR count). The highest BCUT2D eigenvalue weighted by molar-refractivity contribution is 5.96. The van der Waals surface area contributed by atoms with Crippen LogP contribution in [0.25, 0.3) is 10.9 Å². The summed E-state index contributed by atoms with van der Waals surface area (Å²) in [6.45, 7) is 0.325. The van der Waals surface area contributed by atoms with Crippen LogP contribution in [0.15, 0.2) is 43.0 Å². The van der Waals surface area contributed by atoms with Gasteiger partial charge in [-0.15, -0.1) is 0 Å². The summed E-state index contributed by atoms with van der Waals surface area (Å²) in [7, 11) is 0. The van der Waals surface area contributed by atoms with Crippen LogP contribution in [0.4, 0.5) is 0 Å². The molecular weight excluding hydrogens is 548 g/mol. The Morgan fingerprint density at radius 2 is 1.57 bits per heavy atom. The van der Waals surface area contributed by atoms with Gasteiger partial charge in [0.25, 0.3) is 0 Å². The molecule has 0 radical (unpaired) electrons. The van der Waals surface area contributed by atoms with E-state index in [0.717, 1.165) is 16.5 Å². The van der Waals surface area contributed by atoms with Crippen molar-refractivity contribution in [1.82, 2.24) is 30.9 Å². The number of aromatic nitrogens is 3. The molecule has 226 valence electrons. The monoisotopic (exact) mass is 584 g/mol. The zero-order chi connectivity index (χ0) is 30.6. The standard InChI is InChI=1S/C27H36N8O7/c28-8-4-3-7-20(25(39)35-22(27(41)42)10-16-13-30-14-32-16)33-26(40)21(11-23(36)37)34-24(38)18(29)9-15-12-31-19-6-2-1-5-17(15)19/h1-2,5-6,12-14,18,20-22,31H,3-4,7-11,28-29H2,(H,30,32)(H,33,40)(H,34,38)(H,35,39)(H,36,37)(H,41,42). The topological polar surface area (TPSA) is 258 Å². The minimum atomic E-state index is -1.55. The molecule has 4 atom stereocenters. The van der Waals surface area contributed by atoms with Crippen LogP contribution in [0.2, 0.25) is 0 Å². The molecule has 0 spiro atoms. The average Bonchev–Trinajstić information content (AvgIpc) is 3.61. The second-order valence-corrected chi connectivity index (χ2v) is 9.86. The number of unbranched alkanes of at least 4 members (excludes halogenated alkanes) is 1. The number of amides is 3. The molecule has 3 aromatic rings. The maximum absolute atomic E-state index is 13.2. The van der Waals surface area contributed by atoms with E-state index in [0.29, 0.717) is 25.1 Å². The first-order valence-corrected chi connectivity index (χ1v) is 13.4. The van der Waals surface area contributed by atoms with Gasteiger partial charge in [-0.2, -0.15) is 0 Å². The Balaban J connectivity index is 1.69. The predicted molar refractivity (Wildman–Crippen MR) is 151 cm³/mol. The first-order chi connectivity index (χ1) is 20.1. The Morgan fingerprint density at radius 3 is 2.24 bits per heavy atom. The first-order valence-electron chi connectivity index (χ1n) is 13.4. The number of H-pyrrole nitrogens is 2. The van der Waals surface area contributed by atoms with Crippen molar-refractivity contribution in [3.8, 4) is 0 Å². The summed E-state index contributed by atoms with van der Waals surface area (Å²) in [5.74, 6) is -5.14. The van der Waals surface area contributed by atoms with Gasteiger partial charge < -0.3 is 47.6 Å². The van der Waals surface area contributed by atoms with Gasteiger partial charge in [0, 0.05) is 35.4 Å². The molecule has 11 N–H and O–H groups in total. The highest BCUT2D eigenvalue weighted by Crippen LogP contribution is 2.19. The molecule has 0 aliphatic heterocycles. The maximum atomic E-state index is 13.2. The fourth-order valence-electron chi connectivity index (χ4n) is 4.42. The Kier molecular flexibility index (Phi) is 11.6. The number of nitrogens with one attached hydrogen (secondary N) is 5. The molecule has 0 aliphatic carbocycles. The van der Waals surface area contributed by atoms with E-state index in [1.807, 2.05) is 24.3 Å². The third kappa shape index (κ3) is 9.14. The molecule has 2 heterocycles. The molecule has 4 unspecified atom stereocenters. The lowest BCUT2D eigenvalue weighted by Gasteiger charge is -2.24. The summed E-state index contributed by atoms with van der Waals surface area (Å²) >= 11 is 0. The zero-order valence-corrected chi connectivity index (χ0v) is 22.8. The van der Waals surface area contributed by atoms with Crippen LogP contribution in [0.5, 0.6) is 0 Å². The van der Waals surface area contributed by atoms with Gasteiger partial charge in [-0.25, -0.2) is 9.78 Å². The number of nitrogens with two attached hydrogens (primary N) is 2. The number of benzene rings is 1. The quantitative estimate of drug-likeness (QED) is 0.0887. The number of nitrogens with zero attached hydrogens (tertiary/aromatic N) is 1. The fourth-order valence-corrected chi connectivity index (χ4v) is 4.42. The third-order valence-corrected chi connectivity index (χ3v) is 6.64. The summed E-state index contributed by atoms with van der Waals surface area (Å²) < 4.78 is 0. The molecule has 1 aromatic carbocycles. The number of carboxylic acids is 2. The van der Waals surface area contributed by atoms with E-state index in [9.17, 15) is 34.2 Å². The van der Waals surface area contributed by atoms with Crippen molar-refractivity contribution in [3.05, 3.63) is 54.2 Å². The third-order valence-electron chi connectivity index (χ3n) is 6.64. The summed E-state index contributed by atoms with van der Waals surface area (Å²) in [5, 5.41) is 27.1. The van der Waals surface area contributed by atoms with Gasteiger partial charge in [-0.1, -0.05) is 18.2 Å². The van der Waals surface area contributed by atoms with Crippen molar-refractivity contribution >= 4 is 40.6 Å². The number of carbonyl (C=O) groups is 5. The van der Waals surface area contributed by atoms with Gasteiger partial charge in [-0.05, 0) is 43.9 Å². The van der Waals surface area contributed by atoms with E-state index in [1.54, 1.807) is 6.20 Å². The number of hydrogen-bond donors (Lipinski definition) is 9. The Hall–Kier alpha value is -4.76. The molecule has 15 nitrogen and oxygen atoms in total. The Labute approximate surface area is 240 Å². The maximum Gasteiger partial charge on any atom is 0.326 e. The van der Waals surface area contributed by atoms with Crippen molar-refractivity contribution in [2.75, 3.05) is 6.54 Å². The lowest BCUT2D eigenvalue weighted by Crippen LogP contribution is -2.57. The Morgan fingerprint density at radius 1 is 0.881 bits per heavy atom. The summed E-state index contributed by atoms with van der Waals surface area (Å²) in [6, 6.07) is 2.23. The van der Waals surface area contributed by atoms with Crippen LogP contribution in [-0.2, 0) is 36.8 Å². The number of imidazole rings is 1. The highest BCUT2D eigenvalue weighted by atomic mass is 16.4. The van der Waals surface area contributed by atoms with Crippen molar-refractivity contribution < 1.29 is 34.2 Å². The van der Waals surface area contributed by atoms with E-state index in [1.165, 1.54) is 12.5 Å². The molecule has 42 heavy (non-hydrogen) atoms. The molecule has 0 saturated carbocycles. The minimum Gasteiger partial charge on any atom is -0.481 e. The summed E-state index contributed by atoms with van der Waals surface area (Å²) in [6.07, 6.45) is 4.81. The molecule has 0 aliphatic rings. The molecule has 3 amide bonds. The lowest BCUT2D eigenvalue weighted by molar-refractivity contribution is -0.143. The lowest BCUT2D eigenvalue weighted by atomic mass is 10.0. The predicted octanol–water partition coefficient (Wildman–Crippen LogP) is -0.854. The van der Waals surface area contributed by atoms with Crippen molar-refractivity contribution in [2.45, 2.75) is 62.7 Å². The van der Waals surface area contributed by atoms with Crippen LogP contribution >= 0.6 is 0 Å². The zero-order valence-electron chi connectivity index (χ0n) is 22.8. The average molecular weight is 585 g/mol. The Bertz CT molecular complexity index is 1370. The van der Waals surface area contributed by atoms with Gasteiger partial charge in [-0.3, -0.25) is 19.2 Å². The van der Waals surface area contributed by atoms with Crippen LogP contribution < -0.4 is 27.4 Å². The summed E-state index contributed by atoms with van der Waals surface area (Å²) in [5.41, 5.74) is 13.8. The van der Waals surface area contributed by atoms with E-state index in [4.69, 9.17) is 11.5 Å². The van der Waals surface area contributed by atoms with E-state index >= 15 is 0 Å². The normalized spacial score (nSPS) is 14.0. The van der Waals surface area contributed by atoms with Gasteiger partial charge in [0.1, 0.15) is 18.1 Å². The summed E-state index contributed by atoms with van der Waals surface area (Å²) in [4.78, 5) is 72.2. The van der Waals surface area contributed by atoms with Gasteiger partial charge in [0.05, 0.1) is 18.8 Å². The second kappa shape index (κ2) is 15.3. The van der Waals surface area contributed by atoms with E-state index < -0.39 is 60.2 Å². The molecule has 0 bridgehead atoms. The van der Waals surface area contributed by atoms with Crippen molar-refractivity contribution in [2.24, 2.45) is 11.5 Å². The molecule has 15 heteroatoms. The van der Waals surface area contributed by atoms with Crippen LogP contribution in [0, 0.1) is 0 Å². The SMILES string of the molecule is NCCCCC(NC(=O)C(CC(=O)O)NC(=O)C(N)Cc1c[nH]c2ccccc12)C(=O)NC(Cc1cnc[nH]1)C(=O)O. The number of hydrogen-bond acceptors (Lipinski definition) is 8. The minimum absolute atomic E-state index is 0.0868. The smallest absolute Gasteiger partial charge is 0.326 e. The fraction of sp³-hybridized carbons (Fsp3) is 0.407. The number of carbonyl (C=O) groups excluding carboxylic acids is 3. The molecule has 0 saturated heterocycles. The number of para-hydroxylation sites is 1. The van der Waals surface area contributed by atoms with Gasteiger partial charge >= 0.3 is 11.9 Å². The first kappa shape index (κ1) is 31.8. The number of aliphatic carboxylic acids is 2. The highest BCUT2D eigenvalue weighted by Gasteiger charge is 2.31. The van der Waals surface area contributed by atoms with Crippen molar-refractivity contribution in [3.63, 3.8) is 0 Å². The van der Waals surface area contributed by atoms with E-state index in [2.05, 4.69) is 30.9 Å². The van der Waals surface area contributed by atoms with Crippen LogP contribution in [0.1, 0.15) is 36.9 Å².